The summed E-state index contributed by atoms with van der Waals surface area (Å²) in [6.07, 6.45) is 0.235. The number of aromatic nitrogens is 1. The van der Waals surface area contributed by atoms with E-state index in [0.717, 1.165) is 38.1 Å². The summed E-state index contributed by atoms with van der Waals surface area (Å²) < 4.78 is 38.4. The summed E-state index contributed by atoms with van der Waals surface area (Å²) in [5, 5.41) is 0.523. The van der Waals surface area contributed by atoms with Crippen LogP contribution in [0.15, 0.2) is 24.3 Å². The number of benzene rings is 1. The third-order valence-corrected chi connectivity index (χ3v) is 7.44. The Morgan fingerprint density at radius 1 is 0.969 bits per heavy atom. The molecule has 1 aromatic carbocycles. The van der Waals surface area contributed by atoms with E-state index in [9.17, 15) is 22.8 Å². The SMILES string of the molecule is Cc1nc(-c2ccc(C(F)(F)F)cc2)sc1C(=O)N1CCC(C(=O)N2CCCCC2)CC1. The van der Waals surface area contributed by atoms with Crippen molar-refractivity contribution in [2.24, 2.45) is 5.92 Å². The molecular weight excluding hydrogens is 439 g/mol. The highest BCUT2D eigenvalue weighted by atomic mass is 32.1. The molecule has 1 aromatic heterocycles. The lowest BCUT2D eigenvalue weighted by Crippen LogP contribution is -2.45. The standard InChI is InChI=1S/C23H26F3N3O2S/c1-15-19(32-20(27-15)16-5-7-18(8-6-16)23(24,25)26)22(31)29-13-9-17(10-14-29)21(30)28-11-3-2-4-12-28/h5-8,17H,2-4,9-14H2,1H3. The van der Waals surface area contributed by atoms with Crippen LogP contribution in [0.5, 0.6) is 0 Å². The predicted octanol–water partition coefficient (Wildman–Crippen LogP) is 5.00. The van der Waals surface area contributed by atoms with Gasteiger partial charge in [0.15, 0.2) is 0 Å². The van der Waals surface area contributed by atoms with Crippen LogP contribution in [0.1, 0.15) is 53.0 Å². The van der Waals surface area contributed by atoms with Crippen LogP contribution in [0.2, 0.25) is 0 Å². The third kappa shape index (κ3) is 4.82. The van der Waals surface area contributed by atoms with Gasteiger partial charge >= 0.3 is 6.18 Å². The molecule has 2 amide bonds. The lowest BCUT2D eigenvalue weighted by Gasteiger charge is -2.35. The van der Waals surface area contributed by atoms with Crippen LogP contribution in [0.4, 0.5) is 13.2 Å². The second kappa shape index (κ2) is 9.21. The minimum absolute atomic E-state index is 0.0255. The van der Waals surface area contributed by atoms with Crippen molar-refractivity contribution < 1.29 is 22.8 Å². The largest absolute Gasteiger partial charge is 0.416 e. The van der Waals surface area contributed by atoms with Crippen LogP contribution in [0, 0.1) is 12.8 Å². The number of aryl methyl sites for hydroxylation is 1. The second-order valence-corrected chi connectivity index (χ2v) is 9.46. The van der Waals surface area contributed by atoms with Gasteiger partial charge in [-0.2, -0.15) is 13.2 Å². The van der Waals surface area contributed by atoms with Gasteiger partial charge in [-0.3, -0.25) is 9.59 Å². The number of halogens is 3. The van der Waals surface area contributed by atoms with Gasteiger partial charge in [0.1, 0.15) is 9.88 Å². The molecule has 2 aliphatic heterocycles. The van der Waals surface area contributed by atoms with Crippen LogP contribution < -0.4 is 0 Å². The van der Waals surface area contributed by atoms with Crippen molar-refractivity contribution in [2.45, 2.75) is 45.2 Å². The number of alkyl halides is 3. The fourth-order valence-corrected chi connectivity index (χ4v) is 5.41. The molecule has 0 bridgehead atoms. The maximum atomic E-state index is 13.1. The summed E-state index contributed by atoms with van der Waals surface area (Å²) in [4.78, 5) is 34.5. The van der Waals surface area contributed by atoms with Crippen LogP contribution in [-0.4, -0.2) is 52.8 Å². The zero-order valence-electron chi connectivity index (χ0n) is 18.0. The van der Waals surface area contributed by atoms with Crippen LogP contribution >= 0.6 is 11.3 Å². The first kappa shape index (κ1) is 22.8. The molecule has 0 atom stereocenters. The monoisotopic (exact) mass is 465 g/mol. The average molecular weight is 466 g/mol. The third-order valence-electron chi connectivity index (χ3n) is 6.25. The van der Waals surface area contributed by atoms with Crippen LogP contribution in [-0.2, 0) is 11.0 Å². The maximum Gasteiger partial charge on any atom is 0.416 e. The van der Waals surface area contributed by atoms with Crippen molar-refractivity contribution in [1.82, 2.24) is 14.8 Å². The lowest BCUT2D eigenvalue weighted by atomic mass is 9.94. The first-order valence-electron chi connectivity index (χ1n) is 11.0. The number of piperidine rings is 2. The van der Waals surface area contributed by atoms with Crippen molar-refractivity contribution in [2.75, 3.05) is 26.2 Å². The lowest BCUT2D eigenvalue weighted by molar-refractivity contribution is -0.138. The van der Waals surface area contributed by atoms with Crippen LogP contribution in [0.25, 0.3) is 10.6 Å². The minimum Gasteiger partial charge on any atom is -0.342 e. The van der Waals surface area contributed by atoms with Gasteiger partial charge < -0.3 is 9.80 Å². The van der Waals surface area contributed by atoms with Crippen molar-refractivity contribution in [1.29, 1.82) is 0 Å². The summed E-state index contributed by atoms with van der Waals surface area (Å²) >= 11 is 1.20. The summed E-state index contributed by atoms with van der Waals surface area (Å²) in [5.74, 6) is 0.0693. The summed E-state index contributed by atoms with van der Waals surface area (Å²) in [6.45, 7) is 4.46. The molecular formula is C23H26F3N3O2S. The zero-order chi connectivity index (χ0) is 22.9. The zero-order valence-corrected chi connectivity index (χ0v) is 18.8. The number of hydrogen-bond donors (Lipinski definition) is 0. The fourth-order valence-electron chi connectivity index (χ4n) is 4.37. The Labute approximate surface area is 189 Å². The van der Waals surface area contributed by atoms with E-state index in [1.54, 1.807) is 11.8 Å². The average Bonchev–Trinajstić information content (AvgIpc) is 3.20. The number of rotatable bonds is 3. The van der Waals surface area contributed by atoms with E-state index in [4.69, 9.17) is 0 Å². The highest BCUT2D eigenvalue weighted by molar-refractivity contribution is 7.17. The van der Waals surface area contributed by atoms with Gasteiger partial charge in [-0.25, -0.2) is 4.98 Å². The smallest absolute Gasteiger partial charge is 0.342 e. The van der Waals surface area contributed by atoms with E-state index >= 15 is 0 Å². The molecule has 0 spiro atoms. The molecule has 32 heavy (non-hydrogen) atoms. The Balaban J connectivity index is 1.40. The molecule has 0 saturated carbocycles. The van der Waals surface area contributed by atoms with Crippen molar-refractivity contribution in [3.63, 3.8) is 0 Å². The van der Waals surface area contributed by atoms with Gasteiger partial charge in [0.05, 0.1) is 11.3 Å². The highest BCUT2D eigenvalue weighted by Gasteiger charge is 2.33. The number of hydrogen-bond acceptors (Lipinski definition) is 4. The Bertz CT molecular complexity index is 973. The maximum absolute atomic E-state index is 13.1. The number of carbonyl (C=O) groups excluding carboxylic acids is 2. The van der Waals surface area contributed by atoms with Crippen molar-refractivity contribution in [3.8, 4) is 10.6 Å². The molecule has 2 aliphatic rings. The Hall–Kier alpha value is -2.42. The molecule has 2 saturated heterocycles. The Morgan fingerprint density at radius 3 is 2.19 bits per heavy atom. The molecule has 0 aliphatic carbocycles. The molecule has 172 valence electrons. The molecule has 0 radical (unpaired) electrons. The highest BCUT2D eigenvalue weighted by Crippen LogP contribution is 2.34. The number of likely N-dealkylation sites (tertiary alicyclic amines) is 2. The molecule has 2 aromatic rings. The fraction of sp³-hybridized carbons (Fsp3) is 0.522. The Morgan fingerprint density at radius 2 is 1.59 bits per heavy atom. The molecule has 0 N–H and O–H groups in total. The quantitative estimate of drug-likeness (QED) is 0.641. The molecule has 3 heterocycles. The topological polar surface area (TPSA) is 53.5 Å². The van der Waals surface area contributed by atoms with E-state index in [0.29, 0.717) is 47.1 Å². The van der Waals surface area contributed by atoms with E-state index in [1.807, 2.05) is 4.90 Å². The summed E-state index contributed by atoms with van der Waals surface area (Å²) in [7, 11) is 0. The van der Waals surface area contributed by atoms with Crippen molar-refractivity contribution >= 4 is 23.2 Å². The molecule has 2 fully saturated rings. The summed E-state index contributed by atoms with van der Waals surface area (Å²) in [5.41, 5.74) is 0.408. The molecule has 9 heteroatoms. The number of nitrogens with zero attached hydrogens (tertiary/aromatic N) is 3. The number of thiazole rings is 1. The molecule has 0 unspecified atom stereocenters. The summed E-state index contributed by atoms with van der Waals surface area (Å²) in [6, 6.07) is 4.81. The molecule has 4 rings (SSSR count). The normalized spacial score (nSPS) is 18.1. The van der Waals surface area contributed by atoms with Gasteiger partial charge in [-0.15, -0.1) is 11.3 Å². The first-order chi connectivity index (χ1) is 15.2. The van der Waals surface area contributed by atoms with Gasteiger partial charge in [0, 0.05) is 37.7 Å². The van der Waals surface area contributed by atoms with Gasteiger partial charge in [-0.1, -0.05) is 12.1 Å². The Kier molecular flexibility index (Phi) is 6.55. The first-order valence-corrected chi connectivity index (χ1v) is 11.8. The molecule has 5 nitrogen and oxygen atoms in total. The van der Waals surface area contributed by atoms with E-state index in [-0.39, 0.29) is 17.7 Å². The minimum atomic E-state index is -4.39. The van der Waals surface area contributed by atoms with E-state index in [2.05, 4.69) is 4.98 Å². The van der Waals surface area contributed by atoms with E-state index < -0.39 is 11.7 Å². The second-order valence-electron chi connectivity index (χ2n) is 8.46. The van der Waals surface area contributed by atoms with Crippen molar-refractivity contribution in [3.05, 3.63) is 40.4 Å². The number of amides is 2. The number of carbonyl (C=O) groups is 2. The predicted molar refractivity (Wildman–Crippen MR) is 116 cm³/mol. The van der Waals surface area contributed by atoms with Gasteiger partial charge in [0.2, 0.25) is 5.91 Å². The van der Waals surface area contributed by atoms with Crippen LogP contribution in [0.3, 0.4) is 0 Å². The van der Waals surface area contributed by atoms with E-state index in [1.165, 1.54) is 29.9 Å². The van der Waals surface area contributed by atoms with Gasteiger partial charge in [0.25, 0.3) is 5.91 Å². The van der Waals surface area contributed by atoms with Gasteiger partial charge in [-0.05, 0) is 51.2 Å².